The SMILES string of the molecule is COc1cc2c(cc1OC)-c1cc3cc(OC)c(OC)c(OC)c3c(C3CCCCC3)[n+]1CC2. The minimum Gasteiger partial charge on any atom is -0.493 e. The van der Waals surface area contributed by atoms with Gasteiger partial charge in [-0.3, -0.25) is 0 Å². The number of hydrogen-bond acceptors (Lipinski definition) is 5. The molecule has 0 atom stereocenters. The summed E-state index contributed by atoms with van der Waals surface area (Å²) in [6.45, 7) is 0.914. The van der Waals surface area contributed by atoms with E-state index < -0.39 is 0 Å². The maximum absolute atomic E-state index is 6.00. The van der Waals surface area contributed by atoms with E-state index >= 15 is 0 Å². The molecule has 2 heterocycles. The largest absolute Gasteiger partial charge is 0.493 e. The van der Waals surface area contributed by atoms with E-state index in [0.29, 0.717) is 17.4 Å². The number of fused-ring (bicyclic) bond motifs is 4. The van der Waals surface area contributed by atoms with Crippen molar-refractivity contribution in [3.8, 4) is 40.0 Å². The predicted octanol–water partition coefficient (Wildman–Crippen LogP) is 5.44. The van der Waals surface area contributed by atoms with Crippen LogP contribution in [0.3, 0.4) is 0 Å². The molecule has 1 aromatic heterocycles. The van der Waals surface area contributed by atoms with E-state index in [1.54, 1.807) is 35.5 Å². The number of aryl methyl sites for hydroxylation is 1. The summed E-state index contributed by atoms with van der Waals surface area (Å²) in [6, 6.07) is 8.58. The van der Waals surface area contributed by atoms with E-state index in [-0.39, 0.29) is 0 Å². The van der Waals surface area contributed by atoms with E-state index in [2.05, 4.69) is 28.8 Å². The van der Waals surface area contributed by atoms with Crippen LogP contribution in [0.15, 0.2) is 24.3 Å². The monoisotopic (exact) mass is 464 g/mol. The average Bonchev–Trinajstić information content (AvgIpc) is 2.89. The quantitative estimate of drug-likeness (QED) is 0.455. The zero-order valence-corrected chi connectivity index (χ0v) is 20.8. The highest BCUT2D eigenvalue weighted by Gasteiger charge is 2.36. The Kier molecular flexibility index (Phi) is 6.15. The number of benzene rings is 2. The van der Waals surface area contributed by atoms with Crippen LogP contribution in [0, 0.1) is 0 Å². The van der Waals surface area contributed by atoms with Gasteiger partial charge in [-0.1, -0.05) is 19.3 Å². The summed E-state index contributed by atoms with van der Waals surface area (Å²) in [5.74, 6) is 4.08. The predicted molar refractivity (Wildman–Crippen MR) is 132 cm³/mol. The molecule has 0 radical (unpaired) electrons. The third kappa shape index (κ3) is 3.51. The molecule has 5 rings (SSSR count). The van der Waals surface area contributed by atoms with Gasteiger partial charge in [0.1, 0.15) is 0 Å². The summed E-state index contributed by atoms with van der Waals surface area (Å²) in [5, 5.41) is 2.24. The van der Waals surface area contributed by atoms with E-state index in [4.69, 9.17) is 23.7 Å². The first-order valence-corrected chi connectivity index (χ1v) is 12.1. The van der Waals surface area contributed by atoms with Gasteiger partial charge >= 0.3 is 0 Å². The Labute approximate surface area is 201 Å². The van der Waals surface area contributed by atoms with Crippen molar-refractivity contribution >= 4 is 10.8 Å². The number of methoxy groups -OCH3 is 5. The summed E-state index contributed by atoms with van der Waals surface area (Å²) >= 11 is 0. The van der Waals surface area contributed by atoms with Gasteiger partial charge in [0, 0.05) is 23.8 Å². The van der Waals surface area contributed by atoms with Crippen LogP contribution in [0.1, 0.15) is 49.3 Å². The molecule has 0 N–H and O–H groups in total. The molecule has 2 aromatic carbocycles. The number of ether oxygens (including phenoxy) is 5. The molecule has 0 spiro atoms. The number of hydrogen-bond donors (Lipinski definition) is 0. The number of nitrogens with zero attached hydrogens (tertiary/aromatic N) is 1. The Morgan fingerprint density at radius 3 is 2.03 bits per heavy atom. The van der Waals surface area contributed by atoms with E-state index in [1.165, 1.54) is 54.6 Å². The Balaban J connectivity index is 1.87. The van der Waals surface area contributed by atoms with Gasteiger partial charge in [-0.25, -0.2) is 0 Å². The molecular weight excluding hydrogens is 430 g/mol. The first-order chi connectivity index (χ1) is 16.6. The van der Waals surface area contributed by atoms with E-state index in [9.17, 15) is 0 Å². The molecule has 180 valence electrons. The minimum atomic E-state index is 0.477. The first kappa shape index (κ1) is 22.6. The summed E-state index contributed by atoms with van der Waals surface area (Å²) < 4.78 is 31.2. The molecule has 1 fully saturated rings. The highest BCUT2D eigenvalue weighted by Crippen LogP contribution is 2.48. The third-order valence-corrected chi connectivity index (χ3v) is 7.47. The van der Waals surface area contributed by atoms with Crippen molar-refractivity contribution in [1.29, 1.82) is 0 Å². The Hall–Kier alpha value is -3.15. The summed E-state index contributed by atoms with van der Waals surface area (Å²) in [4.78, 5) is 0. The fourth-order valence-electron chi connectivity index (χ4n) is 5.91. The maximum Gasteiger partial charge on any atom is 0.213 e. The number of aromatic nitrogens is 1. The van der Waals surface area contributed by atoms with Gasteiger partial charge in [0.25, 0.3) is 0 Å². The smallest absolute Gasteiger partial charge is 0.213 e. The van der Waals surface area contributed by atoms with Gasteiger partial charge in [0.2, 0.25) is 11.4 Å². The molecule has 1 aliphatic heterocycles. The zero-order valence-electron chi connectivity index (χ0n) is 20.8. The molecule has 0 amide bonds. The molecule has 34 heavy (non-hydrogen) atoms. The van der Waals surface area contributed by atoms with Crippen molar-refractivity contribution in [3.63, 3.8) is 0 Å². The standard InChI is InChI=1S/C28H34NO5/c1-30-22-14-18-11-12-29-21(20(18)16-23(22)31-2)13-19-15-24(32-3)27(33-4)28(34-5)25(19)26(29)17-9-7-6-8-10-17/h13-17H,6-12H2,1-5H3/q+1. The Morgan fingerprint density at radius 1 is 0.706 bits per heavy atom. The van der Waals surface area contributed by atoms with Gasteiger partial charge in [-0.05, 0) is 36.6 Å². The van der Waals surface area contributed by atoms with Crippen molar-refractivity contribution in [2.75, 3.05) is 35.5 Å². The number of rotatable bonds is 6. The van der Waals surface area contributed by atoms with Crippen LogP contribution in [0.25, 0.3) is 22.0 Å². The van der Waals surface area contributed by atoms with Crippen LogP contribution in [0.4, 0.5) is 0 Å². The molecule has 6 nitrogen and oxygen atoms in total. The molecule has 6 heteroatoms. The topological polar surface area (TPSA) is 50.0 Å². The average molecular weight is 465 g/mol. The number of pyridine rings is 1. The zero-order chi connectivity index (χ0) is 23.8. The van der Waals surface area contributed by atoms with E-state index in [0.717, 1.165) is 41.0 Å². The summed E-state index contributed by atoms with van der Waals surface area (Å²) in [6.07, 6.45) is 7.14. The van der Waals surface area contributed by atoms with Crippen molar-refractivity contribution < 1.29 is 28.3 Å². The van der Waals surface area contributed by atoms with Crippen LogP contribution in [-0.2, 0) is 13.0 Å². The van der Waals surface area contributed by atoms with Gasteiger partial charge in [-0.15, -0.1) is 0 Å². The molecular formula is C28H34NO5+. The molecule has 2 aliphatic rings. The highest BCUT2D eigenvalue weighted by atomic mass is 16.5. The van der Waals surface area contributed by atoms with Gasteiger partial charge in [-0.2, -0.15) is 4.57 Å². The van der Waals surface area contributed by atoms with Crippen LogP contribution < -0.4 is 28.3 Å². The summed E-state index contributed by atoms with van der Waals surface area (Å²) in [7, 11) is 8.45. The fourth-order valence-corrected chi connectivity index (χ4v) is 5.91. The van der Waals surface area contributed by atoms with Crippen molar-refractivity contribution in [2.24, 2.45) is 0 Å². The second-order valence-corrected chi connectivity index (χ2v) is 9.13. The van der Waals surface area contributed by atoms with Crippen molar-refractivity contribution in [3.05, 3.63) is 35.5 Å². The fraction of sp³-hybridized carbons (Fsp3) is 0.464. The van der Waals surface area contributed by atoms with Gasteiger partial charge < -0.3 is 23.7 Å². The molecule has 1 aliphatic carbocycles. The van der Waals surface area contributed by atoms with E-state index in [1.807, 2.05) is 0 Å². The lowest BCUT2D eigenvalue weighted by atomic mass is 9.83. The second kappa shape index (κ2) is 9.24. The van der Waals surface area contributed by atoms with Crippen molar-refractivity contribution in [1.82, 2.24) is 0 Å². The summed E-state index contributed by atoms with van der Waals surface area (Å²) in [5.41, 5.74) is 5.02. The molecule has 1 saturated carbocycles. The van der Waals surface area contributed by atoms with Crippen LogP contribution in [-0.4, -0.2) is 35.5 Å². The van der Waals surface area contributed by atoms with Crippen LogP contribution >= 0.6 is 0 Å². The maximum atomic E-state index is 6.00. The van der Waals surface area contributed by atoms with Gasteiger partial charge in [0.05, 0.1) is 46.5 Å². The third-order valence-electron chi connectivity index (χ3n) is 7.47. The Morgan fingerprint density at radius 2 is 1.38 bits per heavy atom. The minimum absolute atomic E-state index is 0.477. The van der Waals surface area contributed by atoms with Crippen LogP contribution in [0.2, 0.25) is 0 Å². The lowest BCUT2D eigenvalue weighted by Crippen LogP contribution is -2.45. The molecule has 0 bridgehead atoms. The highest BCUT2D eigenvalue weighted by molar-refractivity contribution is 5.96. The lowest BCUT2D eigenvalue weighted by Gasteiger charge is -2.27. The first-order valence-electron chi connectivity index (χ1n) is 12.1. The molecule has 0 unspecified atom stereocenters. The normalized spacial score (nSPS) is 15.4. The van der Waals surface area contributed by atoms with Crippen LogP contribution in [0.5, 0.6) is 28.7 Å². The van der Waals surface area contributed by atoms with Crippen molar-refractivity contribution in [2.45, 2.75) is 51.0 Å². The lowest BCUT2D eigenvalue weighted by molar-refractivity contribution is -0.695. The van der Waals surface area contributed by atoms with Gasteiger partial charge in [0.15, 0.2) is 35.2 Å². The Bertz CT molecular complexity index is 1230. The molecule has 3 aromatic rings. The second-order valence-electron chi connectivity index (χ2n) is 9.13. The molecule has 0 saturated heterocycles.